The van der Waals surface area contributed by atoms with Gasteiger partial charge >= 0.3 is 18.0 Å². The average Bonchev–Trinajstić information content (AvgIpc) is 2.44. The average molecular weight is 302 g/mol. The van der Waals surface area contributed by atoms with Crippen LogP contribution in [0, 0.1) is 5.92 Å². The molecule has 0 rings (SSSR count). The van der Waals surface area contributed by atoms with Crippen LogP contribution < -0.4 is 5.32 Å². The van der Waals surface area contributed by atoms with Crippen molar-refractivity contribution in [1.29, 1.82) is 0 Å². The highest BCUT2D eigenvalue weighted by Crippen LogP contribution is 2.03. The lowest BCUT2D eigenvalue weighted by molar-refractivity contribution is -0.145. The molecule has 7 heteroatoms. The van der Waals surface area contributed by atoms with Gasteiger partial charge in [0.1, 0.15) is 0 Å². The fraction of sp³-hybridized carbons (Fsp3) is 0.786. The third kappa shape index (κ3) is 9.70. The number of nitrogens with one attached hydrogen (secondary N) is 1. The smallest absolute Gasteiger partial charge is 0.317 e. The first-order valence-electron chi connectivity index (χ1n) is 7.17. The number of hydrogen-bond acceptors (Lipinski definition) is 4. The molecule has 0 aromatic heterocycles. The lowest BCUT2D eigenvalue weighted by Crippen LogP contribution is -2.41. The van der Waals surface area contributed by atoms with Crippen LogP contribution in [0.5, 0.6) is 0 Å². The Labute approximate surface area is 125 Å². The lowest BCUT2D eigenvalue weighted by Gasteiger charge is -2.20. The molecule has 0 bridgehead atoms. The number of nitrogens with zero attached hydrogens (tertiary/aromatic N) is 1. The zero-order valence-corrected chi connectivity index (χ0v) is 13.1. The summed E-state index contributed by atoms with van der Waals surface area (Å²) in [6, 6.07) is -0.226. The van der Waals surface area contributed by atoms with Crippen molar-refractivity contribution in [1.82, 2.24) is 10.2 Å². The summed E-state index contributed by atoms with van der Waals surface area (Å²) in [4.78, 5) is 34.8. The number of carbonyl (C=O) groups excluding carboxylic acids is 2. The van der Waals surface area contributed by atoms with Crippen LogP contribution in [0.25, 0.3) is 0 Å². The molecule has 0 aliphatic carbocycles. The molecule has 0 fully saturated rings. The highest BCUT2D eigenvalue weighted by molar-refractivity contribution is 5.76. The summed E-state index contributed by atoms with van der Waals surface area (Å²) in [6.45, 7) is 2.55. The van der Waals surface area contributed by atoms with Gasteiger partial charge in [-0.05, 0) is 12.8 Å². The minimum Gasteiger partial charge on any atom is -0.481 e. The van der Waals surface area contributed by atoms with Gasteiger partial charge in [0.05, 0.1) is 13.0 Å². The molecule has 2 amide bonds. The van der Waals surface area contributed by atoms with Gasteiger partial charge in [0, 0.05) is 26.6 Å². The van der Waals surface area contributed by atoms with Crippen LogP contribution in [-0.4, -0.2) is 55.2 Å². The van der Waals surface area contributed by atoms with Gasteiger partial charge in [-0.25, -0.2) is 4.79 Å². The third-order valence-electron chi connectivity index (χ3n) is 3.09. The number of rotatable bonds is 10. The van der Waals surface area contributed by atoms with Gasteiger partial charge in [0.15, 0.2) is 0 Å². The molecule has 0 aliphatic heterocycles. The van der Waals surface area contributed by atoms with E-state index in [2.05, 4.69) is 10.1 Å². The van der Waals surface area contributed by atoms with Gasteiger partial charge < -0.3 is 20.1 Å². The Morgan fingerprint density at radius 3 is 2.38 bits per heavy atom. The molecule has 0 spiro atoms. The van der Waals surface area contributed by atoms with Crippen LogP contribution in [0.1, 0.15) is 39.0 Å². The molecular formula is C14H26N2O5. The van der Waals surface area contributed by atoms with Gasteiger partial charge in [-0.3, -0.25) is 9.59 Å². The van der Waals surface area contributed by atoms with Crippen molar-refractivity contribution in [2.24, 2.45) is 5.92 Å². The van der Waals surface area contributed by atoms with E-state index in [1.165, 1.54) is 12.0 Å². The fourth-order valence-electron chi connectivity index (χ4n) is 1.85. The predicted molar refractivity (Wildman–Crippen MR) is 77.9 cm³/mol. The van der Waals surface area contributed by atoms with E-state index >= 15 is 0 Å². The molecule has 2 N–H and O–H groups in total. The van der Waals surface area contributed by atoms with Crippen LogP contribution in [0.2, 0.25) is 0 Å². The van der Waals surface area contributed by atoms with E-state index in [1.54, 1.807) is 14.0 Å². The normalized spacial score (nSPS) is 11.6. The van der Waals surface area contributed by atoms with Crippen molar-refractivity contribution in [3.8, 4) is 0 Å². The number of hydrogen-bond donors (Lipinski definition) is 2. The molecule has 0 aromatic rings. The molecule has 7 nitrogen and oxygen atoms in total. The van der Waals surface area contributed by atoms with Crippen molar-refractivity contribution in [3.63, 3.8) is 0 Å². The molecule has 0 aromatic carbocycles. The molecule has 0 radical (unpaired) electrons. The van der Waals surface area contributed by atoms with E-state index in [9.17, 15) is 14.4 Å². The Bertz CT molecular complexity index is 346. The SMILES string of the molecule is COC(=O)C(C)CN(C)C(=O)NCCCCCCC(=O)O. The first kappa shape index (κ1) is 19.2. The van der Waals surface area contributed by atoms with Crippen molar-refractivity contribution >= 4 is 18.0 Å². The van der Waals surface area contributed by atoms with Crippen molar-refractivity contribution < 1.29 is 24.2 Å². The number of carboxylic acid groups (broad SMARTS) is 1. The van der Waals surface area contributed by atoms with Crippen molar-refractivity contribution in [2.45, 2.75) is 39.0 Å². The maximum absolute atomic E-state index is 11.8. The summed E-state index contributed by atoms with van der Waals surface area (Å²) in [5.41, 5.74) is 0. The summed E-state index contributed by atoms with van der Waals surface area (Å²) in [7, 11) is 2.95. The Morgan fingerprint density at radius 2 is 1.81 bits per heavy atom. The minimum atomic E-state index is -0.773. The summed E-state index contributed by atoms with van der Waals surface area (Å²) >= 11 is 0. The maximum atomic E-state index is 11.8. The lowest BCUT2D eigenvalue weighted by atomic mass is 10.1. The molecule has 0 saturated heterocycles. The van der Waals surface area contributed by atoms with Gasteiger partial charge in [0.2, 0.25) is 0 Å². The summed E-state index contributed by atoms with van der Waals surface area (Å²) in [5, 5.41) is 11.2. The van der Waals surface area contributed by atoms with Gasteiger partial charge in [-0.1, -0.05) is 19.8 Å². The summed E-state index contributed by atoms with van der Waals surface area (Å²) < 4.78 is 4.61. The molecule has 21 heavy (non-hydrogen) atoms. The van der Waals surface area contributed by atoms with Crippen molar-refractivity contribution in [2.75, 3.05) is 27.2 Å². The summed E-state index contributed by atoms with van der Waals surface area (Å²) in [5.74, 6) is -1.47. The molecule has 1 unspecified atom stereocenters. The second-order valence-electron chi connectivity index (χ2n) is 5.09. The first-order chi connectivity index (χ1) is 9.88. The number of unbranched alkanes of at least 4 members (excludes halogenated alkanes) is 3. The van der Waals surface area contributed by atoms with E-state index in [1.807, 2.05) is 0 Å². The standard InChI is InChI=1S/C14H26N2O5/c1-11(13(19)21-3)10-16(2)14(20)15-9-7-5-4-6-8-12(17)18/h11H,4-10H2,1-3H3,(H,15,20)(H,17,18). The predicted octanol–water partition coefficient (Wildman–Crippen LogP) is 1.47. The highest BCUT2D eigenvalue weighted by Gasteiger charge is 2.18. The Kier molecular flexibility index (Phi) is 10.0. The molecule has 0 aliphatic rings. The summed E-state index contributed by atoms with van der Waals surface area (Å²) in [6.07, 6.45) is 3.40. The van der Waals surface area contributed by atoms with E-state index in [0.29, 0.717) is 19.5 Å². The number of carbonyl (C=O) groups is 3. The molecular weight excluding hydrogens is 276 g/mol. The minimum absolute atomic E-state index is 0.195. The zero-order valence-electron chi connectivity index (χ0n) is 13.1. The number of esters is 1. The number of aliphatic carboxylic acids is 1. The Morgan fingerprint density at radius 1 is 1.19 bits per heavy atom. The molecule has 0 saturated carbocycles. The second kappa shape index (κ2) is 10.9. The van der Waals surface area contributed by atoms with Gasteiger partial charge in [0.25, 0.3) is 0 Å². The Balaban J connectivity index is 3.69. The second-order valence-corrected chi connectivity index (χ2v) is 5.09. The number of methoxy groups -OCH3 is 1. The largest absolute Gasteiger partial charge is 0.481 e. The van der Waals surface area contributed by atoms with Crippen LogP contribution in [-0.2, 0) is 14.3 Å². The molecule has 0 heterocycles. The molecule has 1 atom stereocenters. The zero-order chi connectivity index (χ0) is 16.3. The van der Waals surface area contributed by atoms with Gasteiger partial charge in [-0.15, -0.1) is 0 Å². The van der Waals surface area contributed by atoms with E-state index in [4.69, 9.17) is 5.11 Å². The number of carboxylic acids is 1. The topological polar surface area (TPSA) is 95.9 Å². The number of urea groups is 1. The van der Waals surface area contributed by atoms with Gasteiger partial charge in [-0.2, -0.15) is 0 Å². The number of ether oxygens (including phenoxy) is 1. The van der Waals surface area contributed by atoms with Crippen LogP contribution in [0.3, 0.4) is 0 Å². The van der Waals surface area contributed by atoms with Crippen LogP contribution in [0.4, 0.5) is 4.79 Å². The van der Waals surface area contributed by atoms with E-state index < -0.39 is 5.97 Å². The molecule has 122 valence electrons. The Hall–Kier alpha value is -1.79. The number of amides is 2. The van der Waals surface area contributed by atoms with Crippen LogP contribution in [0.15, 0.2) is 0 Å². The van der Waals surface area contributed by atoms with E-state index in [-0.39, 0.29) is 24.3 Å². The first-order valence-corrected chi connectivity index (χ1v) is 7.17. The highest BCUT2D eigenvalue weighted by atomic mass is 16.5. The quantitative estimate of drug-likeness (QED) is 0.470. The van der Waals surface area contributed by atoms with E-state index in [0.717, 1.165) is 19.3 Å². The third-order valence-corrected chi connectivity index (χ3v) is 3.09. The van der Waals surface area contributed by atoms with Crippen LogP contribution >= 0.6 is 0 Å². The fourth-order valence-corrected chi connectivity index (χ4v) is 1.85. The van der Waals surface area contributed by atoms with Crippen molar-refractivity contribution in [3.05, 3.63) is 0 Å². The monoisotopic (exact) mass is 302 g/mol. The maximum Gasteiger partial charge on any atom is 0.317 e.